The number of aromatic nitrogens is 1. The van der Waals surface area contributed by atoms with E-state index in [2.05, 4.69) is 42.1 Å². The molecule has 98 valence electrons. The zero-order valence-corrected chi connectivity index (χ0v) is 11.4. The molecule has 3 N–H and O–H groups in total. The van der Waals surface area contributed by atoms with Gasteiger partial charge >= 0.3 is 0 Å². The first-order valence-corrected chi connectivity index (χ1v) is 6.82. The van der Waals surface area contributed by atoms with Gasteiger partial charge in [-0.3, -0.25) is 0 Å². The van der Waals surface area contributed by atoms with Gasteiger partial charge in [-0.05, 0) is 56.2 Å². The minimum atomic E-state index is 0.840. The van der Waals surface area contributed by atoms with Crippen molar-refractivity contribution in [1.82, 2.24) is 9.88 Å². The Balaban J connectivity index is 2.01. The Morgan fingerprint density at radius 2 is 2.00 bits per heavy atom. The SMILES string of the molecule is CCN(CC)CCCc1c[nH]c2ccc(N)cc12. The molecule has 18 heavy (non-hydrogen) atoms. The summed E-state index contributed by atoms with van der Waals surface area (Å²) >= 11 is 0. The molecule has 0 aliphatic heterocycles. The number of hydrogen-bond donors (Lipinski definition) is 2. The van der Waals surface area contributed by atoms with Gasteiger partial charge in [-0.2, -0.15) is 0 Å². The first kappa shape index (κ1) is 13.0. The molecule has 0 saturated heterocycles. The van der Waals surface area contributed by atoms with E-state index in [0.717, 1.165) is 25.2 Å². The van der Waals surface area contributed by atoms with Gasteiger partial charge in [0, 0.05) is 22.8 Å². The maximum atomic E-state index is 5.85. The molecule has 0 aliphatic rings. The summed E-state index contributed by atoms with van der Waals surface area (Å²) in [5, 5.41) is 1.27. The molecule has 0 radical (unpaired) electrons. The fourth-order valence-corrected chi connectivity index (χ4v) is 2.44. The quantitative estimate of drug-likeness (QED) is 0.768. The second-order valence-electron chi connectivity index (χ2n) is 4.75. The van der Waals surface area contributed by atoms with Gasteiger partial charge in [0.1, 0.15) is 0 Å². The molecule has 1 aromatic carbocycles. The molecule has 0 amide bonds. The third-order valence-electron chi connectivity index (χ3n) is 3.61. The summed E-state index contributed by atoms with van der Waals surface area (Å²) in [7, 11) is 0. The molecular formula is C15H23N3. The molecule has 0 atom stereocenters. The van der Waals surface area contributed by atoms with Gasteiger partial charge in [0.15, 0.2) is 0 Å². The number of benzene rings is 1. The lowest BCUT2D eigenvalue weighted by atomic mass is 10.1. The van der Waals surface area contributed by atoms with Crippen LogP contribution >= 0.6 is 0 Å². The van der Waals surface area contributed by atoms with Crippen LogP contribution in [0.5, 0.6) is 0 Å². The molecular weight excluding hydrogens is 222 g/mol. The first-order valence-electron chi connectivity index (χ1n) is 6.82. The van der Waals surface area contributed by atoms with E-state index in [4.69, 9.17) is 5.73 Å². The third-order valence-corrected chi connectivity index (χ3v) is 3.61. The molecule has 0 unspecified atom stereocenters. The minimum absolute atomic E-state index is 0.840. The molecule has 3 heteroatoms. The number of nitrogens with two attached hydrogens (primary N) is 1. The maximum Gasteiger partial charge on any atom is 0.0458 e. The Bertz CT molecular complexity index is 497. The number of nitrogens with one attached hydrogen (secondary N) is 1. The summed E-state index contributed by atoms with van der Waals surface area (Å²) in [5.74, 6) is 0. The van der Waals surface area contributed by atoms with Crippen LogP contribution < -0.4 is 5.73 Å². The summed E-state index contributed by atoms with van der Waals surface area (Å²) in [6.45, 7) is 7.88. The van der Waals surface area contributed by atoms with E-state index >= 15 is 0 Å². The van der Waals surface area contributed by atoms with Crippen molar-refractivity contribution in [1.29, 1.82) is 0 Å². The van der Waals surface area contributed by atoms with Crippen molar-refractivity contribution in [2.75, 3.05) is 25.4 Å². The van der Waals surface area contributed by atoms with Crippen LogP contribution in [0.25, 0.3) is 10.9 Å². The highest BCUT2D eigenvalue weighted by Crippen LogP contribution is 2.22. The van der Waals surface area contributed by atoms with Gasteiger partial charge < -0.3 is 15.6 Å². The van der Waals surface area contributed by atoms with Crippen LogP contribution in [0.2, 0.25) is 0 Å². The van der Waals surface area contributed by atoms with Crippen LogP contribution in [-0.4, -0.2) is 29.5 Å². The van der Waals surface area contributed by atoms with Gasteiger partial charge in [-0.25, -0.2) is 0 Å². The van der Waals surface area contributed by atoms with Gasteiger partial charge in [0.05, 0.1) is 0 Å². The lowest BCUT2D eigenvalue weighted by Crippen LogP contribution is -2.24. The van der Waals surface area contributed by atoms with E-state index in [1.54, 1.807) is 0 Å². The second kappa shape index (κ2) is 5.91. The normalized spacial score (nSPS) is 11.5. The molecule has 0 bridgehead atoms. The Morgan fingerprint density at radius 1 is 1.22 bits per heavy atom. The molecule has 0 fully saturated rings. The number of hydrogen-bond acceptors (Lipinski definition) is 2. The van der Waals surface area contributed by atoms with E-state index in [9.17, 15) is 0 Å². The van der Waals surface area contributed by atoms with Crippen molar-refractivity contribution in [3.63, 3.8) is 0 Å². The number of aromatic amines is 1. The number of rotatable bonds is 6. The van der Waals surface area contributed by atoms with Crippen molar-refractivity contribution in [3.05, 3.63) is 30.0 Å². The summed E-state index contributed by atoms with van der Waals surface area (Å²) in [6, 6.07) is 6.07. The zero-order chi connectivity index (χ0) is 13.0. The van der Waals surface area contributed by atoms with Crippen molar-refractivity contribution in [2.24, 2.45) is 0 Å². The first-order chi connectivity index (χ1) is 8.74. The largest absolute Gasteiger partial charge is 0.399 e. The van der Waals surface area contributed by atoms with Crippen molar-refractivity contribution < 1.29 is 0 Å². The monoisotopic (exact) mass is 245 g/mol. The van der Waals surface area contributed by atoms with Crippen molar-refractivity contribution >= 4 is 16.6 Å². The zero-order valence-electron chi connectivity index (χ0n) is 11.4. The Kier molecular flexibility index (Phi) is 4.26. The van der Waals surface area contributed by atoms with E-state index < -0.39 is 0 Å². The summed E-state index contributed by atoms with van der Waals surface area (Å²) in [6.07, 6.45) is 4.43. The highest BCUT2D eigenvalue weighted by Gasteiger charge is 2.05. The molecule has 1 aromatic heterocycles. The highest BCUT2D eigenvalue weighted by atomic mass is 15.1. The van der Waals surface area contributed by atoms with E-state index in [1.165, 1.54) is 29.4 Å². The second-order valence-corrected chi connectivity index (χ2v) is 4.75. The van der Waals surface area contributed by atoms with Crippen molar-refractivity contribution in [3.8, 4) is 0 Å². The van der Waals surface area contributed by atoms with Crippen LogP contribution in [0.4, 0.5) is 5.69 Å². The molecule has 2 rings (SSSR count). The topological polar surface area (TPSA) is 45.0 Å². The third kappa shape index (κ3) is 2.85. The number of nitrogen functional groups attached to an aromatic ring is 1. The lowest BCUT2D eigenvalue weighted by molar-refractivity contribution is 0.300. The minimum Gasteiger partial charge on any atom is -0.399 e. The smallest absolute Gasteiger partial charge is 0.0458 e. The Labute approximate surface area is 109 Å². The average Bonchev–Trinajstić information content (AvgIpc) is 2.77. The standard InChI is InChI=1S/C15H23N3/c1-3-18(4-2)9-5-6-12-11-17-15-8-7-13(16)10-14(12)15/h7-8,10-11,17H,3-6,9,16H2,1-2H3. The van der Waals surface area contributed by atoms with Gasteiger partial charge in [-0.1, -0.05) is 13.8 Å². The predicted octanol–water partition coefficient (Wildman–Crippen LogP) is 3.02. The van der Waals surface area contributed by atoms with Crippen LogP contribution in [0.3, 0.4) is 0 Å². The van der Waals surface area contributed by atoms with E-state index in [1.807, 2.05) is 6.07 Å². The molecule has 2 aromatic rings. The van der Waals surface area contributed by atoms with Gasteiger partial charge in [0.25, 0.3) is 0 Å². The van der Waals surface area contributed by atoms with E-state index in [-0.39, 0.29) is 0 Å². The molecule has 1 heterocycles. The predicted molar refractivity (Wildman–Crippen MR) is 78.8 cm³/mol. The van der Waals surface area contributed by atoms with Gasteiger partial charge in [0.2, 0.25) is 0 Å². The van der Waals surface area contributed by atoms with Crippen LogP contribution in [0.15, 0.2) is 24.4 Å². The fraction of sp³-hybridized carbons (Fsp3) is 0.467. The Hall–Kier alpha value is -1.48. The summed E-state index contributed by atoms with van der Waals surface area (Å²) < 4.78 is 0. The number of H-pyrrole nitrogens is 1. The molecule has 0 saturated carbocycles. The fourth-order valence-electron chi connectivity index (χ4n) is 2.44. The van der Waals surface area contributed by atoms with Crippen molar-refractivity contribution in [2.45, 2.75) is 26.7 Å². The van der Waals surface area contributed by atoms with Crippen LogP contribution in [0, 0.1) is 0 Å². The van der Waals surface area contributed by atoms with Crippen LogP contribution in [0.1, 0.15) is 25.8 Å². The molecule has 0 spiro atoms. The number of anilines is 1. The number of nitrogens with zero attached hydrogens (tertiary/aromatic N) is 1. The molecule has 0 aliphatic carbocycles. The highest BCUT2D eigenvalue weighted by molar-refractivity contribution is 5.86. The lowest BCUT2D eigenvalue weighted by Gasteiger charge is -2.17. The number of aryl methyl sites for hydroxylation is 1. The Morgan fingerprint density at radius 3 is 2.72 bits per heavy atom. The van der Waals surface area contributed by atoms with Gasteiger partial charge in [-0.15, -0.1) is 0 Å². The van der Waals surface area contributed by atoms with Crippen LogP contribution in [-0.2, 0) is 6.42 Å². The summed E-state index contributed by atoms with van der Waals surface area (Å²) in [5.41, 5.74) is 9.25. The average molecular weight is 245 g/mol. The number of fused-ring (bicyclic) bond motifs is 1. The van der Waals surface area contributed by atoms with E-state index in [0.29, 0.717) is 0 Å². The summed E-state index contributed by atoms with van der Waals surface area (Å²) in [4.78, 5) is 5.77. The molecule has 3 nitrogen and oxygen atoms in total. The maximum absolute atomic E-state index is 5.85.